The number of halogens is 3. The van der Waals surface area contributed by atoms with Crippen LogP contribution in [0.4, 0.5) is 11.4 Å². The van der Waals surface area contributed by atoms with Crippen LogP contribution in [-0.2, 0) is 9.59 Å². The molecule has 0 spiro atoms. The second kappa shape index (κ2) is 12.4. The summed E-state index contributed by atoms with van der Waals surface area (Å²) < 4.78 is 5.67. The highest BCUT2D eigenvalue weighted by Crippen LogP contribution is 2.31. The molecule has 37 heavy (non-hydrogen) atoms. The molecule has 1 unspecified atom stereocenters. The SMILES string of the molecule is CC(Oc1ccc(Cl)cc1Cl)C(=O)Nc1ccc(N2CCN(C(=O)/C=C/c3ccccc3)CC2)c(Cl)c1. The van der Waals surface area contributed by atoms with Gasteiger partial charge in [-0.25, -0.2) is 0 Å². The van der Waals surface area contributed by atoms with Gasteiger partial charge in [-0.05, 0) is 55.0 Å². The van der Waals surface area contributed by atoms with Crippen LogP contribution < -0.4 is 15.0 Å². The summed E-state index contributed by atoms with van der Waals surface area (Å²) in [5.41, 5.74) is 2.39. The molecule has 1 aliphatic rings. The Bertz CT molecular complexity index is 1290. The summed E-state index contributed by atoms with van der Waals surface area (Å²) in [6, 6.07) is 19.9. The first-order chi connectivity index (χ1) is 17.8. The van der Waals surface area contributed by atoms with Gasteiger partial charge in [0.25, 0.3) is 5.91 Å². The summed E-state index contributed by atoms with van der Waals surface area (Å²) in [6.07, 6.45) is 2.65. The Labute approximate surface area is 231 Å². The zero-order valence-corrected chi connectivity index (χ0v) is 22.4. The highest BCUT2D eigenvalue weighted by molar-refractivity contribution is 6.35. The van der Waals surface area contributed by atoms with Gasteiger partial charge in [-0.3, -0.25) is 9.59 Å². The maximum absolute atomic E-state index is 12.6. The zero-order valence-electron chi connectivity index (χ0n) is 20.2. The Morgan fingerprint density at radius 1 is 0.919 bits per heavy atom. The number of nitrogens with zero attached hydrogens (tertiary/aromatic N) is 2. The van der Waals surface area contributed by atoms with Crippen molar-refractivity contribution in [2.24, 2.45) is 0 Å². The molecule has 0 saturated carbocycles. The Morgan fingerprint density at radius 2 is 1.65 bits per heavy atom. The van der Waals surface area contributed by atoms with Gasteiger partial charge in [0.1, 0.15) is 5.75 Å². The number of carbonyl (C=O) groups excluding carboxylic acids is 2. The Balaban J connectivity index is 1.30. The predicted molar refractivity (Wildman–Crippen MR) is 151 cm³/mol. The molecule has 1 aliphatic heterocycles. The monoisotopic (exact) mass is 557 g/mol. The zero-order chi connectivity index (χ0) is 26.4. The van der Waals surface area contributed by atoms with Crippen molar-refractivity contribution in [2.75, 3.05) is 36.4 Å². The molecule has 4 rings (SSSR count). The van der Waals surface area contributed by atoms with Gasteiger partial charge in [-0.2, -0.15) is 0 Å². The molecule has 0 aromatic heterocycles. The third kappa shape index (κ3) is 7.19. The lowest BCUT2D eigenvalue weighted by molar-refractivity contribution is -0.126. The van der Waals surface area contributed by atoms with Crippen molar-refractivity contribution in [1.82, 2.24) is 4.90 Å². The second-order valence-corrected chi connectivity index (χ2v) is 9.80. The van der Waals surface area contributed by atoms with Gasteiger partial charge < -0.3 is 19.9 Å². The summed E-state index contributed by atoms with van der Waals surface area (Å²) in [4.78, 5) is 29.2. The molecule has 0 aliphatic carbocycles. The molecule has 9 heteroatoms. The highest BCUT2D eigenvalue weighted by Gasteiger charge is 2.22. The molecule has 0 radical (unpaired) electrons. The largest absolute Gasteiger partial charge is 0.479 e. The van der Waals surface area contributed by atoms with Gasteiger partial charge in [0.2, 0.25) is 5.91 Å². The molecule has 6 nitrogen and oxygen atoms in total. The first kappa shape index (κ1) is 26.9. The van der Waals surface area contributed by atoms with Crippen LogP contribution in [-0.4, -0.2) is 49.0 Å². The number of amides is 2. The summed E-state index contributed by atoms with van der Waals surface area (Å²) in [5, 5.41) is 4.14. The molecule has 1 saturated heterocycles. The molecule has 1 heterocycles. The van der Waals surface area contributed by atoms with Crippen molar-refractivity contribution in [3.05, 3.63) is 93.4 Å². The summed E-state index contributed by atoms with van der Waals surface area (Å²) >= 11 is 18.6. The van der Waals surface area contributed by atoms with Crippen LogP contribution in [0.1, 0.15) is 12.5 Å². The molecule has 0 bridgehead atoms. The third-order valence-corrected chi connectivity index (χ3v) is 6.77. The van der Waals surface area contributed by atoms with E-state index in [1.54, 1.807) is 43.3 Å². The van der Waals surface area contributed by atoms with Crippen molar-refractivity contribution < 1.29 is 14.3 Å². The lowest BCUT2D eigenvalue weighted by atomic mass is 10.2. The van der Waals surface area contributed by atoms with E-state index in [1.807, 2.05) is 47.4 Å². The smallest absolute Gasteiger partial charge is 0.265 e. The number of carbonyl (C=O) groups is 2. The lowest BCUT2D eigenvalue weighted by Gasteiger charge is -2.36. The Kier molecular flexibility index (Phi) is 8.98. The van der Waals surface area contributed by atoms with E-state index >= 15 is 0 Å². The average molecular weight is 559 g/mol. The van der Waals surface area contributed by atoms with E-state index in [-0.39, 0.29) is 11.8 Å². The third-order valence-electron chi connectivity index (χ3n) is 5.93. The quantitative estimate of drug-likeness (QED) is 0.340. The van der Waals surface area contributed by atoms with Crippen LogP contribution in [0.5, 0.6) is 5.75 Å². The van der Waals surface area contributed by atoms with Gasteiger partial charge in [0.05, 0.1) is 15.7 Å². The minimum atomic E-state index is -0.793. The second-order valence-electron chi connectivity index (χ2n) is 8.55. The van der Waals surface area contributed by atoms with Crippen LogP contribution in [0, 0.1) is 0 Å². The number of anilines is 2. The van der Waals surface area contributed by atoms with Crippen molar-refractivity contribution >= 4 is 64.1 Å². The first-order valence-corrected chi connectivity index (χ1v) is 12.9. The van der Waals surface area contributed by atoms with E-state index in [0.717, 1.165) is 11.3 Å². The van der Waals surface area contributed by atoms with Crippen LogP contribution in [0.25, 0.3) is 6.08 Å². The van der Waals surface area contributed by atoms with Gasteiger partial charge >= 0.3 is 0 Å². The molecule has 192 valence electrons. The summed E-state index contributed by atoms with van der Waals surface area (Å²) in [7, 11) is 0. The normalized spacial score (nSPS) is 14.5. The minimum Gasteiger partial charge on any atom is -0.479 e. The molecule has 2 amide bonds. The van der Waals surface area contributed by atoms with E-state index in [1.165, 1.54) is 0 Å². The number of rotatable bonds is 7. The summed E-state index contributed by atoms with van der Waals surface area (Å²) in [6.45, 7) is 4.13. The van der Waals surface area contributed by atoms with E-state index in [0.29, 0.717) is 52.7 Å². The van der Waals surface area contributed by atoms with Gasteiger partial charge in [0.15, 0.2) is 6.10 Å². The van der Waals surface area contributed by atoms with Gasteiger partial charge in [0, 0.05) is 43.0 Å². The van der Waals surface area contributed by atoms with E-state index < -0.39 is 6.10 Å². The number of benzene rings is 3. The van der Waals surface area contributed by atoms with Crippen LogP contribution in [0.2, 0.25) is 15.1 Å². The summed E-state index contributed by atoms with van der Waals surface area (Å²) in [5.74, 6) is 0.0182. The highest BCUT2D eigenvalue weighted by atomic mass is 35.5. The van der Waals surface area contributed by atoms with Crippen molar-refractivity contribution in [1.29, 1.82) is 0 Å². The van der Waals surface area contributed by atoms with E-state index in [2.05, 4.69) is 10.2 Å². The molecular weight excluding hydrogens is 533 g/mol. The van der Waals surface area contributed by atoms with E-state index in [4.69, 9.17) is 39.5 Å². The van der Waals surface area contributed by atoms with Crippen molar-refractivity contribution in [2.45, 2.75) is 13.0 Å². The average Bonchev–Trinajstić information content (AvgIpc) is 2.89. The number of piperazine rings is 1. The molecule has 1 fully saturated rings. The number of hydrogen-bond acceptors (Lipinski definition) is 4. The molecule has 1 N–H and O–H groups in total. The van der Waals surface area contributed by atoms with Crippen LogP contribution in [0.3, 0.4) is 0 Å². The molecule has 3 aromatic rings. The van der Waals surface area contributed by atoms with Crippen LogP contribution in [0.15, 0.2) is 72.8 Å². The number of hydrogen-bond donors (Lipinski definition) is 1. The van der Waals surface area contributed by atoms with Gasteiger partial charge in [-0.15, -0.1) is 0 Å². The fraction of sp³-hybridized carbons (Fsp3) is 0.214. The lowest BCUT2D eigenvalue weighted by Crippen LogP contribution is -2.48. The fourth-order valence-corrected chi connectivity index (χ4v) is 4.66. The Hall–Kier alpha value is -3.19. The standard InChI is InChI=1S/C28H26Cl3N3O3/c1-19(37-26-11-8-21(29)17-24(26)31)28(36)32-22-9-10-25(23(30)18-22)33-13-15-34(16-14-33)27(35)12-7-20-5-3-2-4-6-20/h2-12,17-19H,13-16H2,1H3,(H,32,36)/b12-7+. The number of ether oxygens (including phenoxy) is 1. The number of nitrogens with one attached hydrogen (secondary N) is 1. The molecular formula is C28H26Cl3N3O3. The Morgan fingerprint density at radius 3 is 2.32 bits per heavy atom. The fourth-order valence-electron chi connectivity index (χ4n) is 3.90. The minimum absolute atomic E-state index is 0.0103. The van der Waals surface area contributed by atoms with Crippen LogP contribution >= 0.6 is 34.8 Å². The predicted octanol–water partition coefficient (Wildman–Crippen LogP) is 6.41. The molecule has 3 aromatic carbocycles. The van der Waals surface area contributed by atoms with Gasteiger partial charge in [-0.1, -0.05) is 65.1 Å². The van der Waals surface area contributed by atoms with Crippen molar-refractivity contribution in [3.63, 3.8) is 0 Å². The maximum atomic E-state index is 12.6. The van der Waals surface area contributed by atoms with E-state index in [9.17, 15) is 9.59 Å². The first-order valence-electron chi connectivity index (χ1n) is 11.8. The van der Waals surface area contributed by atoms with Crippen molar-refractivity contribution in [3.8, 4) is 5.75 Å². The molecule has 1 atom stereocenters. The topological polar surface area (TPSA) is 61.9 Å². The maximum Gasteiger partial charge on any atom is 0.265 e.